The van der Waals surface area contributed by atoms with E-state index in [-0.39, 0.29) is 12.0 Å². The number of nitrogens with one attached hydrogen (secondary N) is 1. The normalized spacial score (nSPS) is 15.3. The van der Waals surface area contributed by atoms with Gasteiger partial charge in [0.1, 0.15) is 11.5 Å². The first kappa shape index (κ1) is 23.5. The van der Waals surface area contributed by atoms with Crippen LogP contribution in [0.3, 0.4) is 0 Å². The molecule has 170 valence electrons. The van der Waals surface area contributed by atoms with Gasteiger partial charge in [0, 0.05) is 49.7 Å². The minimum atomic E-state index is -0.0424. The highest BCUT2D eigenvalue weighted by atomic mass is 32.1. The Morgan fingerprint density at radius 3 is 2.58 bits per heavy atom. The smallest absolute Gasteiger partial charge is 0.240 e. The van der Waals surface area contributed by atoms with Gasteiger partial charge < -0.3 is 19.5 Å². The maximum Gasteiger partial charge on any atom is 0.240 e. The summed E-state index contributed by atoms with van der Waals surface area (Å²) in [5.41, 5.74) is 1.62. The molecule has 1 aromatic heterocycles. The fourth-order valence-electron chi connectivity index (χ4n) is 3.42. The molecule has 1 fully saturated rings. The first-order chi connectivity index (χ1) is 15.0. The number of thiazole rings is 1. The van der Waals surface area contributed by atoms with E-state index in [2.05, 4.69) is 33.9 Å². The van der Waals surface area contributed by atoms with Crippen LogP contribution < -0.4 is 14.8 Å². The number of rotatable bonds is 10. The van der Waals surface area contributed by atoms with Gasteiger partial charge >= 0.3 is 0 Å². The molecule has 1 aliphatic heterocycles. The van der Waals surface area contributed by atoms with Crippen molar-refractivity contribution in [2.75, 3.05) is 65.4 Å². The molecule has 0 aliphatic carbocycles. The van der Waals surface area contributed by atoms with Crippen molar-refractivity contribution in [3.63, 3.8) is 0 Å². The van der Waals surface area contributed by atoms with Crippen LogP contribution >= 0.6 is 11.3 Å². The summed E-state index contributed by atoms with van der Waals surface area (Å²) < 4.78 is 16.3. The van der Waals surface area contributed by atoms with Crippen molar-refractivity contribution in [2.45, 2.75) is 20.0 Å². The molecule has 8 nitrogen and oxygen atoms in total. The minimum absolute atomic E-state index is 0.0424. The zero-order valence-corrected chi connectivity index (χ0v) is 19.5. The van der Waals surface area contributed by atoms with Gasteiger partial charge in [-0.1, -0.05) is 0 Å². The molecule has 1 amide bonds. The van der Waals surface area contributed by atoms with Crippen LogP contribution in [0.5, 0.6) is 11.5 Å². The van der Waals surface area contributed by atoms with Crippen molar-refractivity contribution >= 4 is 22.4 Å². The second kappa shape index (κ2) is 11.4. The lowest BCUT2D eigenvalue weighted by Crippen LogP contribution is -2.49. The van der Waals surface area contributed by atoms with E-state index >= 15 is 0 Å². The number of nitrogens with zero attached hydrogens (tertiary/aromatic N) is 3. The Morgan fingerprint density at radius 1 is 1.16 bits per heavy atom. The predicted octanol–water partition coefficient (Wildman–Crippen LogP) is 2.81. The van der Waals surface area contributed by atoms with Crippen molar-refractivity contribution in [3.8, 4) is 22.8 Å². The summed E-state index contributed by atoms with van der Waals surface area (Å²) in [4.78, 5) is 21.6. The van der Waals surface area contributed by atoms with E-state index in [1.54, 1.807) is 14.2 Å². The third-order valence-corrected chi connectivity index (χ3v) is 5.88. The quantitative estimate of drug-likeness (QED) is 0.599. The molecule has 31 heavy (non-hydrogen) atoms. The standard InChI is InChI=1S/C22H32N4O4S/c1-16(2)30-12-11-25-7-9-26(10-8-25)14-21(27)24-22-23-19(15-31-22)18-6-5-17(28-3)13-20(18)29-4/h5-6,13,15-16H,7-12,14H2,1-4H3,(H,23,24,27). The topological polar surface area (TPSA) is 76.2 Å². The second-order valence-electron chi connectivity index (χ2n) is 7.69. The van der Waals surface area contributed by atoms with Crippen LogP contribution in [0, 0.1) is 0 Å². The van der Waals surface area contributed by atoms with Crippen molar-refractivity contribution in [1.82, 2.24) is 14.8 Å². The monoisotopic (exact) mass is 448 g/mol. The first-order valence-corrected chi connectivity index (χ1v) is 11.4. The Bertz CT molecular complexity index is 850. The van der Waals surface area contributed by atoms with E-state index in [0.29, 0.717) is 17.4 Å². The summed E-state index contributed by atoms with van der Waals surface area (Å²) in [7, 11) is 3.23. The molecular formula is C22H32N4O4S. The molecule has 2 heterocycles. The Morgan fingerprint density at radius 2 is 1.90 bits per heavy atom. The SMILES string of the molecule is COc1ccc(-c2csc(NC(=O)CN3CCN(CCOC(C)C)CC3)n2)c(OC)c1. The highest BCUT2D eigenvalue weighted by molar-refractivity contribution is 7.14. The molecule has 0 bridgehead atoms. The summed E-state index contributed by atoms with van der Waals surface area (Å²) >= 11 is 1.41. The molecule has 9 heteroatoms. The van der Waals surface area contributed by atoms with Gasteiger partial charge in [-0.05, 0) is 26.0 Å². The highest BCUT2D eigenvalue weighted by Gasteiger charge is 2.20. The number of methoxy groups -OCH3 is 2. The van der Waals surface area contributed by atoms with Crippen molar-refractivity contribution < 1.29 is 19.0 Å². The lowest BCUT2D eigenvalue weighted by atomic mass is 10.1. The lowest BCUT2D eigenvalue weighted by molar-refractivity contribution is -0.117. The summed E-state index contributed by atoms with van der Waals surface area (Å²) in [5, 5.41) is 5.43. The van der Waals surface area contributed by atoms with E-state index in [4.69, 9.17) is 14.2 Å². The lowest BCUT2D eigenvalue weighted by Gasteiger charge is -2.34. The van der Waals surface area contributed by atoms with Crippen LogP contribution in [0.1, 0.15) is 13.8 Å². The second-order valence-corrected chi connectivity index (χ2v) is 8.55. The molecule has 1 N–H and O–H groups in total. The molecule has 0 unspecified atom stereocenters. The third-order valence-electron chi connectivity index (χ3n) is 5.13. The molecule has 0 atom stereocenters. The van der Waals surface area contributed by atoms with Gasteiger partial charge in [-0.25, -0.2) is 4.98 Å². The highest BCUT2D eigenvalue weighted by Crippen LogP contribution is 2.34. The molecule has 1 saturated heterocycles. The number of carbonyl (C=O) groups is 1. The average molecular weight is 449 g/mol. The molecule has 1 aliphatic rings. The van der Waals surface area contributed by atoms with Crippen LogP contribution in [0.4, 0.5) is 5.13 Å². The number of ether oxygens (including phenoxy) is 3. The van der Waals surface area contributed by atoms with Crippen molar-refractivity contribution in [2.24, 2.45) is 0 Å². The van der Waals surface area contributed by atoms with E-state index in [0.717, 1.165) is 56.3 Å². The van der Waals surface area contributed by atoms with Crippen LogP contribution in [0.15, 0.2) is 23.6 Å². The van der Waals surface area contributed by atoms with Gasteiger partial charge in [0.15, 0.2) is 5.13 Å². The van der Waals surface area contributed by atoms with E-state index in [9.17, 15) is 4.79 Å². The van der Waals surface area contributed by atoms with Crippen LogP contribution in [0.25, 0.3) is 11.3 Å². The molecule has 0 spiro atoms. The van der Waals surface area contributed by atoms with Crippen molar-refractivity contribution in [1.29, 1.82) is 0 Å². The van der Waals surface area contributed by atoms with Gasteiger partial charge in [-0.3, -0.25) is 14.6 Å². The minimum Gasteiger partial charge on any atom is -0.497 e. The number of anilines is 1. The maximum absolute atomic E-state index is 12.5. The number of amides is 1. The van der Waals surface area contributed by atoms with Gasteiger partial charge in [0.25, 0.3) is 0 Å². The van der Waals surface area contributed by atoms with Crippen LogP contribution in [0.2, 0.25) is 0 Å². The third kappa shape index (κ3) is 6.90. The van der Waals surface area contributed by atoms with Crippen LogP contribution in [-0.2, 0) is 9.53 Å². The zero-order chi connectivity index (χ0) is 22.2. The summed E-state index contributed by atoms with van der Waals surface area (Å²) in [5.74, 6) is 1.36. The molecule has 0 radical (unpaired) electrons. The number of benzene rings is 1. The number of hydrogen-bond acceptors (Lipinski definition) is 8. The van der Waals surface area contributed by atoms with Gasteiger partial charge in [-0.15, -0.1) is 11.3 Å². The summed E-state index contributed by atoms with van der Waals surface area (Å²) in [6.07, 6.45) is 0.266. The summed E-state index contributed by atoms with van der Waals surface area (Å²) in [6.45, 7) is 9.82. The predicted molar refractivity (Wildman–Crippen MR) is 123 cm³/mol. The summed E-state index contributed by atoms with van der Waals surface area (Å²) in [6, 6.07) is 5.59. The molecular weight excluding hydrogens is 416 g/mol. The van der Waals surface area contributed by atoms with E-state index in [1.807, 2.05) is 23.6 Å². The largest absolute Gasteiger partial charge is 0.497 e. The fraction of sp³-hybridized carbons (Fsp3) is 0.545. The Hall–Kier alpha value is -2.20. The fourth-order valence-corrected chi connectivity index (χ4v) is 4.14. The van der Waals surface area contributed by atoms with Gasteiger partial charge in [-0.2, -0.15) is 0 Å². The number of carbonyl (C=O) groups excluding carboxylic acids is 1. The molecule has 0 saturated carbocycles. The first-order valence-electron chi connectivity index (χ1n) is 10.5. The van der Waals surface area contributed by atoms with Crippen molar-refractivity contribution in [3.05, 3.63) is 23.6 Å². The maximum atomic E-state index is 12.5. The average Bonchev–Trinajstić information content (AvgIpc) is 3.22. The Labute approximate surface area is 188 Å². The van der Waals surface area contributed by atoms with Gasteiger partial charge in [0.2, 0.25) is 5.91 Å². The number of aromatic nitrogens is 1. The van der Waals surface area contributed by atoms with Gasteiger partial charge in [0.05, 0.1) is 39.2 Å². The molecule has 2 aromatic rings. The molecule has 3 rings (SSSR count). The zero-order valence-electron chi connectivity index (χ0n) is 18.7. The number of hydrogen-bond donors (Lipinski definition) is 1. The Balaban J connectivity index is 1.48. The number of piperazine rings is 1. The van der Waals surface area contributed by atoms with E-state index in [1.165, 1.54) is 11.3 Å². The van der Waals surface area contributed by atoms with Crippen LogP contribution in [-0.4, -0.2) is 86.9 Å². The molecule has 1 aromatic carbocycles. The Kier molecular flexibility index (Phi) is 8.65. The van der Waals surface area contributed by atoms with E-state index < -0.39 is 0 Å².